The number of hydrogen-bond acceptors (Lipinski definition) is 4. The molecular weight excluding hydrogens is 291 g/mol. The van der Waals surface area contributed by atoms with Crippen molar-refractivity contribution in [1.82, 2.24) is 10.2 Å². The van der Waals surface area contributed by atoms with Gasteiger partial charge in [-0.15, -0.1) is 11.3 Å². The summed E-state index contributed by atoms with van der Waals surface area (Å²) in [5.41, 5.74) is 0. The first kappa shape index (κ1) is 18.2. The third kappa shape index (κ3) is 6.36. The fourth-order valence-electron chi connectivity index (χ4n) is 1.85. The summed E-state index contributed by atoms with van der Waals surface area (Å²) in [5, 5.41) is 3.49. The molecule has 0 aromatic carbocycles. The maximum Gasteiger partial charge on any atom is 0.0594 e. The van der Waals surface area contributed by atoms with Crippen LogP contribution in [0.2, 0.25) is 0 Å². The summed E-state index contributed by atoms with van der Waals surface area (Å²) in [6.07, 6.45) is 0. The molecule has 0 saturated carbocycles. The van der Waals surface area contributed by atoms with Crippen LogP contribution in [-0.4, -0.2) is 44.3 Å². The van der Waals surface area contributed by atoms with Gasteiger partial charge in [-0.3, -0.25) is 4.90 Å². The molecule has 1 aliphatic heterocycles. The second-order valence-corrected chi connectivity index (χ2v) is 5.52. The Balaban J connectivity index is 0.00000144. The zero-order valence-corrected chi connectivity index (χ0v) is 13.0. The average Bonchev–Trinajstić information content (AvgIpc) is 2.72. The number of nitrogens with one attached hydrogen (secondary N) is 1. The Kier molecular flexibility index (Phi) is 10.1. The predicted octanol–water partition coefficient (Wildman–Crippen LogP) is -4.51. The summed E-state index contributed by atoms with van der Waals surface area (Å²) in [6, 6.07) is 4.39. The van der Waals surface area contributed by atoms with Crippen LogP contribution < -0.4 is 30.1 Å². The maximum atomic E-state index is 5.32. The highest BCUT2D eigenvalue weighted by Crippen LogP contribution is 2.14. The summed E-state index contributed by atoms with van der Waals surface area (Å²) in [6.45, 7) is 9.31. The van der Waals surface area contributed by atoms with E-state index in [1.54, 1.807) is 0 Å². The lowest BCUT2D eigenvalue weighted by molar-refractivity contribution is -0.001000. The summed E-state index contributed by atoms with van der Waals surface area (Å²) >= 11 is 1.88. The van der Waals surface area contributed by atoms with Gasteiger partial charge < -0.3 is 34.9 Å². The topological polar surface area (TPSA) is 24.5 Å². The average molecular weight is 311 g/mol. The van der Waals surface area contributed by atoms with Crippen molar-refractivity contribution in [2.24, 2.45) is 0 Å². The molecule has 0 spiro atoms. The number of morpholine rings is 1. The van der Waals surface area contributed by atoms with E-state index in [1.807, 2.05) is 11.3 Å². The van der Waals surface area contributed by atoms with Crippen LogP contribution in [0.1, 0.15) is 9.75 Å². The maximum absolute atomic E-state index is 5.32. The Morgan fingerprint density at radius 2 is 2.00 bits per heavy atom. The SMILES string of the molecule is Cc1ccc(CNCCN2CCOCC2)s1.[Cl-].[Cl-]. The number of halogens is 2. The van der Waals surface area contributed by atoms with Gasteiger partial charge in [0.2, 0.25) is 0 Å². The standard InChI is InChI=1S/C12H20N2OS.2ClH/c1-11-2-3-12(16-11)10-13-4-5-14-6-8-15-9-7-14;;/h2-3,13H,4-10H2,1H3;2*1H/p-2. The van der Waals surface area contributed by atoms with Crippen molar-refractivity contribution in [1.29, 1.82) is 0 Å². The van der Waals surface area contributed by atoms with E-state index in [0.717, 1.165) is 45.9 Å². The molecule has 0 bridgehead atoms. The Labute approximate surface area is 126 Å². The minimum Gasteiger partial charge on any atom is -1.00 e. The van der Waals surface area contributed by atoms with E-state index in [9.17, 15) is 0 Å². The monoisotopic (exact) mass is 310 g/mol. The number of nitrogens with zero attached hydrogens (tertiary/aromatic N) is 1. The third-order valence-electron chi connectivity index (χ3n) is 2.80. The second-order valence-electron chi connectivity index (χ2n) is 4.14. The molecule has 1 N–H and O–H groups in total. The molecule has 1 fully saturated rings. The van der Waals surface area contributed by atoms with E-state index < -0.39 is 0 Å². The molecule has 3 nitrogen and oxygen atoms in total. The normalized spacial score (nSPS) is 15.8. The minimum absolute atomic E-state index is 0. The van der Waals surface area contributed by atoms with Crippen LogP contribution in [0.15, 0.2) is 12.1 Å². The van der Waals surface area contributed by atoms with Crippen molar-refractivity contribution >= 4 is 11.3 Å². The fourth-order valence-corrected chi connectivity index (χ4v) is 2.71. The van der Waals surface area contributed by atoms with Crippen molar-refractivity contribution in [2.45, 2.75) is 13.5 Å². The molecule has 106 valence electrons. The van der Waals surface area contributed by atoms with E-state index in [-0.39, 0.29) is 24.8 Å². The molecule has 2 rings (SSSR count). The number of rotatable bonds is 5. The van der Waals surface area contributed by atoms with Gasteiger partial charge in [-0.25, -0.2) is 0 Å². The molecule has 1 aromatic rings. The van der Waals surface area contributed by atoms with Gasteiger partial charge in [0.05, 0.1) is 13.2 Å². The van der Waals surface area contributed by atoms with Crippen molar-refractivity contribution in [3.05, 3.63) is 21.9 Å². The summed E-state index contributed by atoms with van der Waals surface area (Å²) in [7, 11) is 0. The molecule has 0 unspecified atom stereocenters. The smallest absolute Gasteiger partial charge is 0.0594 e. The lowest BCUT2D eigenvalue weighted by Crippen LogP contribution is -3.00. The van der Waals surface area contributed by atoms with Crippen LogP contribution in [0, 0.1) is 6.92 Å². The van der Waals surface area contributed by atoms with Crippen LogP contribution in [0.4, 0.5) is 0 Å². The zero-order chi connectivity index (χ0) is 11.2. The minimum atomic E-state index is 0. The van der Waals surface area contributed by atoms with E-state index in [2.05, 4.69) is 29.3 Å². The van der Waals surface area contributed by atoms with Crippen LogP contribution in [-0.2, 0) is 11.3 Å². The van der Waals surface area contributed by atoms with Crippen LogP contribution >= 0.6 is 11.3 Å². The number of hydrogen-bond donors (Lipinski definition) is 1. The highest BCUT2D eigenvalue weighted by atomic mass is 35.5. The summed E-state index contributed by atoms with van der Waals surface area (Å²) in [5.74, 6) is 0. The van der Waals surface area contributed by atoms with E-state index in [4.69, 9.17) is 4.74 Å². The Morgan fingerprint density at radius 1 is 1.28 bits per heavy atom. The van der Waals surface area contributed by atoms with Gasteiger partial charge >= 0.3 is 0 Å². The molecular formula is C12H20Cl2N2OS-2. The summed E-state index contributed by atoms with van der Waals surface area (Å²) < 4.78 is 5.32. The summed E-state index contributed by atoms with van der Waals surface area (Å²) in [4.78, 5) is 5.28. The van der Waals surface area contributed by atoms with Gasteiger partial charge in [-0.1, -0.05) is 0 Å². The molecule has 6 heteroatoms. The second kappa shape index (κ2) is 10.0. The molecule has 1 aliphatic rings. The van der Waals surface area contributed by atoms with Gasteiger partial charge in [0.15, 0.2) is 0 Å². The van der Waals surface area contributed by atoms with Crippen LogP contribution in [0.25, 0.3) is 0 Å². The molecule has 18 heavy (non-hydrogen) atoms. The number of aryl methyl sites for hydroxylation is 1. The highest BCUT2D eigenvalue weighted by molar-refractivity contribution is 7.11. The molecule has 2 heterocycles. The van der Waals surface area contributed by atoms with Crippen molar-refractivity contribution in [3.63, 3.8) is 0 Å². The first-order valence-corrected chi connectivity index (χ1v) is 6.72. The van der Waals surface area contributed by atoms with Crippen LogP contribution in [0.5, 0.6) is 0 Å². The Bertz CT molecular complexity index is 317. The zero-order valence-electron chi connectivity index (χ0n) is 10.6. The van der Waals surface area contributed by atoms with Crippen molar-refractivity contribution in [2.75, 3.05) is 39.4 Å². The molecule has 0 atom stereocenters. The van der Waals surface area contributed by atoms with Crippen LogP contribution in [0.3, 0.4) is 0 Å². The largest absolute Gasteiger partial charge is 1.00 e. The first-order chi connectivity index (χ1) is 7.84. The van der Waals surface area contributed by atoms with Crippen molar-refractivity contribution < 1.29 is 29.6 Å². The van der Waals surface area contributed by atoms with E-state index in [0.29, 0.717) is 0 Å². The quantitative estimate of drug-likeness (QED) is 0.555. The molecule has 0 aliphatic carbocycles. The fraction of sp³-hybridized carbons (Fsp3) is 0.667. The van der Waals surface area contributed by atoms with Gasteiger partial charge in [-0.05, 0) is 19.1 Å². The molecule has 0 radical (unpaired) electrons. The number of thiophene rings is 1. The Morgan fingerprint density at radius 3 is 2.61 bits per heavy atom. The van der Waals surface area contributed by atoms with E-state index >= 15 is 0 Å². The highest BCUT2D eigenvalue weighted by Gasteiger charge is 2.08. The van der Waals surface area contributed by atoms with Gasteiger partial charge in [0.25, 0.3) is 0 Å². The lowest BCUT2D eigenvalue weighted by atomic mass is 10.4. The first-order valence-electron chi connectivity index (χ1n) is 5.91. The lowest BCUT2D eigenvalue weighted by Gasteiger charge is -2.26. The molecule has 1 aromatic heterocycles. The Hall–Kier alpha value is 0.160. The number of ether oxygens (including phenoxy) is 1. The van der Waals surface area contributed by atoms with Gasteiger partial charge in [0, 0.05) is 42.5 Å². The van der Waals surface area contributed by atoms with Gasteiger partial charge in [0.1, 0.15) is 0 Å². The predicted molar refractivity (Wildman–Crippen MR) is 68.0 cm³/mol. The van der Waals surface area contributed by atoms with Crippen molar-refractivity contribution in [3.8, 4) is 0 Å². The van der Waals surface area contributed by atoms with Gasteiger partial charge in [-0.2, -0.15) is 0 Å². The third-order valence-corrected chi connectivity index (χ3v) is 3.80. The molecule has 1 saturated heterocycles. The molecule has 0 amide bonds. The van der Waals surface area contributed by atoms with E-state index in [1.165, 1.54) is 9.75 Å².